The molecule has 0 radical (unpaired) electrons. The number of unbranched alkanes of at least 4 members (excludes halogenated alkanes) is 23. The van der Waals surface area contributed by atoms with Crippen molar-refractivity contribution in [2.24, 2.45) is 0 Å². The van der Waals surface area contributed by atoms with Crippen molar-refractivity contribution in [3.8, 4) is 0 Å². The zero-order valence-corrected chi connectivity index (χ0v) is 36.4. The first-order chi connectivity index (χ1) is 25.6. The lowest BCUT2D eigenvalue weighted by Gasteiger charge is -2.28. The quantitative estimate of drug-likeness (QED) is 0.0201. The van der Waals surface area contributed by atoms with Crippen LogP contribution < -0.4 is 4.89 Å². The molecule has 0 amide bonds. The molecule has 0 aromatic rings. The van der Waals surface area contributed by atoms with E-state index in [0.717, 1.165) is 44.9 Å². The van der Waals surface area contributed by atoms with Crippen LogP contribution in [0.25, 0.3) is 0 Å². The maximum Gasteiger partial charge on any atom is 0.306 e. The van der Waals surface area contributed by atoms with Crippen LogP contribution in [0.15, 0.2) is 24.3 Å². The second kappa shape index (κ2) is 37.9. The number of carbonyl (C=O) groups excluding carboxylic acids is 1. The van der Waals surface area contributed by atoms with E-state index in [1.165, 1.54) is 128 Å². The van der Waals surface area contributed by atoms with Gasteiger partial charge < -0.3 is 27.9 Å². The molecule has 8 nitrogen and oxygen atoms in total. The lowest BCUT2D eigenvalue weighted by Crippen LogP contribution is -2.37. The van der Waals surface area contributed by atoms with Gasteiger partial charge >= 0.3 is 5.97 Å². The molecule has 53 heavy (non-hydrogen) atoms. The highest BCUT2D eigenvalue weighted by atomic mass is 31.2. The number of quaternary nitrogens is 1. The van der Waals surface area contributed by atoms with Gasteiger partial charge in [-0.1, -0.05) is 147 Å². The van der Waals surface area contributed by atoms with Crippen molar-refractivity contribution in [2.75, 3.05) is 54.1 Å². The number of hydrogen-bond donors (Lipinski definition) is 0. The molecule has 0 saturated carbocycles. The fourth-order valence-electron chi connectivity index (χ4n) is 6.01. The van der Waals surface area contributed by atoms with Gasteiger partial charge in [-0.3, -0.25) is 9.36 Å². The fraction of sp³-hybridized carbons (Fsp3) is 0.886. The Labute approximate surface area is 328 Å². The number of nitrogens with zero attached hydrogens (tertiary/aromatic N) is 1. The van der Waals surface area contributed by atoms with Gasteiger partial charge in [0, 0.05) is 13.0 Å². The van der Waals surface area contributed by atoms with E-state index in [1.807, 2.05) is 21.1 Å². The first-order valence-electron chi connectivity index (χ1n) is 22.1. The van der Waals surface area contributed by atoms with Gasteiger partial charge in [0.25, 0.3) is 7.82 Å². The van der Waals surface area contributed by atoms with Crippen molar-refractivity contribution >= 4 is 13.8 Å². The molecule has 314 valence electrons. The van der Waals surface area contributed by atoms with Crippen LogP contribution in [0.5, 0.6) is 0 Å². The molecular formula is C44H86NO7P. The van der Waals surface area contributed by atoms with Crippen LogP contribution in [0.2, 0.25) is 0 Å². The van der Waals surface area contributed by atoms with Gasteiger partial charge in [0.2, 0.25) is 0 Å². The lowest BCUT2D eigenvalue weighted by molar-refractivity contribution is -0.870. The normalized spacial score (nSPS) is 14.0. The highest BCUT2D eigenvalue weighted by Gasteiger charge is 2.20. The third kappa shape index (κ3) is 42.0. The van der Waals surface area contributed by atoms with Gasteiger partial charge in [-0.2, -0.15) is 0 Å². The Balaban J connectivity index is 4.25. The smallest absolute Gasteiger partial charge is 0.306 e. The summed E-state index contributed by atoms with van der Waals surface area (Å²) in [6.07, 6.45) is 41.8. The molecule has 0 N–H and O–H groups in total. The van der Waals surface area contributed by atoms with Gasteiger partial charge in [0.1, 0.15) is 19.3 Å². The minimum absolute atomic E-state index is 0.0245. The van der Waals surface area contributed by atoms with Gasteiger partial charge in [0.15, 0.2) is 0 Å². The minimum atomic E-state index is -4.52. The van der Waals surface area contributed by atoms with E-state index >= 15 is 0 Å². The Morgan fingerprint density at radius 3 is 1.43 bits per heavy atom. The Bertz CT molecular complexity index is 905. The summed E-state index contributed by atoms with van der Waals surface area (Å²) in [5, 5.41) is 0. The topological polar surface area (TPSA) is 94.1 Å². The molecule has 0 saturated heterocycles. The van der Waals surface area contributed by atoms with Crippen molar-refractivity contribution in [2.45, 2.75) is 200 Å². The van der Waals surface area contributed by atoms with E-state index in [1.54, 1.807) is 0 Å². The predicted octanol–water partition coefficient (Wildman–Crippen LogP) is 12.2. The molecule has 0 aliphatic carbocycles. The van der Waals surface area contributed by atoms with Crippen LogP contribution >= 0.6 is 7.82 Å². The third-order valence-corrected chi connectivity index (χ3v) is 10.4. The van der Waals surface area contributed by atoms with Crippen molar-refractivity contribution in [1.29, 1.82) is 0 Å². The largest absolute Gasteiger partial charge is 0.756 e. The predicted molar refractivity (Wildman–Crippen MR) is 222 cm³/mol. The average molecular weight is 772 g/mol. The van der Waals surface area contributed by atoms with Crippen LogP contribution in [-0.2, 0) is 27.9 Å². The number of rotatable bonds is 41. The van der Waals surface area contributed by atoms with Crippen molar-refractivity contribution in [3.05, 3.63) is 24.3 Å². The molecule has 0 spiro atoms. The SMILES string of the molecule is CCCCCCCC/C=C\CCCCCCCCOCC(COP(=O)([O-])OCC[N+](C)(C)C)OC(=O)CCCCCCC/C=C\CCCCCCCC. The number of allylic oxidation sites excluding steroid dienone is 4. The third-order valence-electron chi connectivity index (χ3n) is 9.48. The van der Waals surface area contributed by atoms with Crippen molar-refractivity contribution in [3.63, 3.8) is 0 Å². The van der Waals surface area contributed by atoms with Gasteiger partial charge in [-0.05, 0) is 64.2 Å². The molecule has 0 aromatic heterocycles. The molecule has 0 fully saturated rings. The fourth-order valence-corrected chi connectivity index (χ4v) is 6.73. The van der Waals surface area contributed by atoms with E-state index in [2.05, 4.69) is 38.2 Å². The molecule has 2 unspecified atom stereocenters. The zero-order valence-electron chi connectivity index (χ0n) is 35.5. The summed E-state index contributed by atoms with van der Waals surface area (Å²) in [4.78, 5) is 25.0. The van der Waals surface area contributed by atoms with Crippen LogP contribution in [0, 0.1) is 0 Å². The summed E-state index contributed by atoms with van der Waals surface area (Å²) < 4.78 is 34.6. The number of esters is 1. The Kier molecular flexibility index (Phi) is 37.2. The summed E-state index contributed by atoms with van der Waals surface area (Å²) >= 11 is 0. The number of phosphoric ester groups is 1. The summed E-state index contributed by atoms with van der Waals surface area (Å²) in [5.41, 5.74) is 0. The van der Waals surface area contributed by atoms with E-state index in [0.29, 0.717) is 24.1 Å². The molecular weight excluding hydrogens is 685 g/mol. The monoisotopic (exact) mass is 772 g/mol. The number of carbonyl (C=O) groups is 1. The molecule has 2 atom stereocenters. The second-order valence-corrected chi connectivity index (χ2v) is 17.5. The summed E-state index contributed by atoms with van der Waals surface area (Å²) in [6.45, 7) is 5.39. The molecule has 9 heteroatoms. The van der Waals surface area contributed by atoms with E-state index in [-0.39, 0.29) is 25.8 Å². The standard InChI is InChI=1S/C44H86NO7P/c1-6-8-10-12-14-16-18-20-22-24-26-28-30-32-34-36-39-49-41-43(42-51-53(47,48)50-40-38-45(3,4)5)52-44(46)37-35-33-31-29-27-25-23-21-19-17-15-13-11-9-7-2/h20-23,43H,6-19,24-42H2,1-5H3/b22-20-,23-21-. The summed E-state index contributed by atoms with van der Waals surface area (Å²) in [5.74, 6) is -0.344. The summed E-state index contributed by atoms with van der Waals surface area (Å²) in [7, 11) is 1.35. The maximum atomic E-state index is 12.7. The average Bonchev–Trinajstić information content (AvgIpc) is 3.11. The van der Waals surface area contributed by atoms with Gasteiger partial charge in [-0.25, -0.2) is 0 Å². The van der Waals surface area contributed by atoms with E-state index < -0.39 is 13.9 Å². The highest BCUT2D eigenvalue weighted by molar-refractivity contribution is 7.45. The lowest BCUT2D eigenvalue weighted by atomic mass is 10.1. The molecule has 0 bridgehead atoms. The second-order valence-electron chi connectivity index (χ2n) is 16.0. The van der Waals surface area contributed by atoms with Crippen LogP contribution in [-0.4, -0.2) is 70.7 Å². The minimum Gasteiger partial charge on any atom is -0.756 e. The highest BCUT2D eigenvalue weighted by Crippen LogP contribution is 2.38. The van der Waals surface area contributed by atoms with Gasteiger partial charge in [0.05, 0.1) is 34.4 Å². The molecule has 0 aliphatic heterocycles. The molecule has 0 aliphatic rings. The summed E-state index contributed by atoms with van der Waals surface area (Å²) in [6, 6.07) is 0. The molecule has 0 rings (SSSR count). The maximum absolute atomic E-state index is 12.7. The van der Waals surface area contributed by atoms with Crippen LogP contribution in [0.3, 0.4) is 0 Å². The van der Waals surface area contributed by atoms with Crippen LogP contribution in [0.1, 0.15) is 194 Å². The van der Waals surface area contributed by atoms with E-state index in [9.17, 15) is 14.3 Å². The van der Waals surface area contributed by atoms with Crippen LogP contribution in [0.4, 0.5) is 0 Å². The zero-order chi connectivity index (χ0) is 39.1. The van der Waals surface area contributed by atoms with Crippen molar-refractivity contribution in [1.82, 2.24) is 0 Å². The number of ether oxygens (including phenoxy) is 2. The van der Waals surface area contributed by atoms with Crippen molar-refractivity contribution < 1.29 is 37.3 Å². The first kappa shape index (κ1) is 52.0. The Morgan fingerprint density at radius 2 is 0.981 bits per heavy atom. The first-order valence-corrected chi connectivity index (χ1v) is 23.5. The number of hydrogen-bond acceptors (Lipinski definition) is 7. The molecule has 0 heterocycles. The number of phosphoric acid groups is 1. The Hall–Kier alpha value is -1.02. The number of likely N-dealkylation sites (N-methyl/N-ethyl adjacent to an activating group) is 1. The van der Waals surface area contributed by atoms with E-state index in [4.69, 9.17) is 18.5 Å². The molecule has 0 aromatic carbocycles. The Morgan fingerprint density at radius 1 is 0.566 bits per heavy atom. The van der Waals surface area contributed by atoms with Gasteiger partial charge in [-0.15, -0.1) is 0 Å².